The van der Waals surface area contributed by atoms with Gasteiger partial charge in [-0.2, -0.15) is 4.98 Å². The second-order valence-electron chi connectivity index (χ2n) is 6.65. The molecular weight excluding hydrogens is 392 g/mol. The molecule has 0 saturated heterocycles. The predicted octanol–water partition coefficient (Wildman–Crippen LogP) is 2.12. The maximum Gasteiger partial charge on any atom is 0.258 e. The van der Waals surface area contributed by atoms with Gasteiger partial charge in [-0.25, -0.2) is 13.1 Å². The van der Waals surface area contributed by atoms with Crippen LogP contribution in [0.2, 0.25) is 0 Å². The molecule has 0 aliphatic heterocycles. The molecule has 0 amide bonds. The van der Waals surface area contributed by atoms with E-state index in [9.17, 15) is 8.42 Å². The normalized spacial score (nSPS) is 16.3. The average molecular weight is 417 g/mol. The molecule has 10 heteroatoms. The van der Waals surface area contributed by atoms with Crippen molar-refractivity contribution in [3.63, 3.8) is 0 Å². The zero-order chi connectivity index (χ0) is 18.8. The number of nitrogens with one attached hydrogen (secondary N) is 1. The lowest BCUT2D eigenvalue weighted by Gasteiger charge is -2.17. The first-order chi connectivity index (χ1) is 12.4. The van der Waals surface area contributed by atoms with E-state index >= 15 is 0 Å². The van der Waals surface area contributed by atoms with E-state index in [0.717, 1.165) is 31.2 Å². The number of aromatic nitrogens is 2. The van der Waals surface area contributed by atoms with Crippen LogP contribution in [0.4, 0.5) is 0 Å². The lowest BCUT2D eigenvalue weighted by atomic mass is 9.98. The van der Waals surface area contributed by atoms with Crippen LogP contribution >= 0.6 is 12.4 Å². The molecule has 0 spiro atoms. The van der Waals surface area contributed by atoms with Gasteiger partial charge >= 0.3 is 0 Å². The smallest absolute Gasteiger partial charge is 0.258 e. The number of hydrogen-bond donors (Lipinski definition) is 2. The number of nitrogens with zero attached hydrogens (tertiary/aromatic N) is 2. The van der Waals surface area contributed by atoms with Gasteiger partial charge in [0, 0.05) is 19.2 Å². The summed E-state index contributed by atoms with van der Waals surface area (Å²) in [7, 11) is -2.13. The molecule has 1 aliphatic carbocycles. The summed E-state index contributed by atoms with van der Waals surface area (Å²) < 4.78 is 37.6. The topological polar surface area (TPSA) is 120 Å². The van der Waals surface area contributed by atoms with Crippen LogP contribution in [0.1, 0.15) is 37.1 Å². The summed E-state index contributed by atoms with van der Waals surface area (Å²) in [6.07, 6.45) is 3.73. The standard InChI is InChI=1S/C17H24N4O4S.ClH/c1-12-5-6-13(26(22,23)19-9-10-24-2)11-14(12)15-20-16(21-25-15)17(18)7-3-4-8-17;/h5-6,11,19H,3-4,7-10,18H2,1-2H3;1H. The summed E-state index contributed by atoms with van der Waals surface area (Å²) in [5.74, 6) is 0.763. The van der Waals surface area contributed by atoms with Crippen molar-refractivity contribution >= 4 is 22.4 Å². The number of sulfonamides is 1. The van der Waals surface area contributed by atoms with Crippen LogP contribution < -0.4 is 10.5 Å². The Hall–Kier alpha value is -1.52. The molecule has 0 bridgehead atoms. The Bertz CT molecular complexity index is 879. The van der Waals surface area contributed by atoms with Crippen LogP contribution in [0.25, 0.3) is 11.5 Å². The molecule has 0 unspecified atom stereocenters. The van der Waals surface area contributed by atoms with E-state index in [1.165, 1.54) is 7.11 Å². The fourth-order valence-corrected chi connectivity index (χ4v) is 4.16. The quantitative estimate of drug-likeness (QED) is 0.663. The molecule has 1 saturated carbocycles. The van der Waals surface area contributed by atoms with Crippen molar-refractivity contribution in [2.45, 2.75) is 43.0 Å². The summed E-state index contributed by atoms with van der Waals surface area (Å²) in [6.45, 7) is 2.35. The van der Waals surface area contributed by atoms with Gasteiger partial charge in [-0.15, -0.1) is 12.4 Å². The maximum atomic E-state index is 12.4. The summed E-state index contributed by atoms with van der Waals surface area (Å²) in [4.78, 5) is 4.59. The maximum absolute atomic E-state index is 12.4. The summed E-state index contributed by atoms with van der Waals surface area (Å²) in [5.41, 5.74) is 7.24. The zero-order valence-corrected chi connectivity index (χ0v) is 17.0. The number of aryl methyl sites for hydroxylation is 1. The highest BCUT2D eigenvalue weighted by atomic mass is 35.5. The van der Waals surface area contributed by atoms with Crippen molar-refractivity contribution in [1.29, 1.82) is 0 Å². The molecule has 8 nitrogen and oxygen atoms in total. The molecule has 3 rings (SSSR count). The van der Waals surface area contributed by atoms with Crippen molar-refractivity contribution in [1.82, 2.24) is 14.9 Å². The number of nitrogens with two attached hydrogens (primary N) is 1. The molecule has 1 fully saturated rings. The minimum absolute atomic E-state index is 0. The van der Waals surface area contributed by atoms with Gasteiger partial charge in [0.25, 0.3) is 5.89 Å². The first-order valence-electron chi connectivity index (χ1n) is 8.58. The summed E-state index contributed by atoms with van der Waals surface area (Å²) in [6, 6.07) is 4.81. The second-order valence-corrected chi connectivity index (χ2v) is 8.42. The lowest BCUT2D eigenvalue weighted by molar-refractivity contribution is 0.204. The van der Waals surface area contributed by atoms with Gasteiger partial charge in [0.1, 0.15) is 0 Å². The van der Waals surface area contributed by atoms with Crippen LogP contribution in [-0.4, -0.2) is 38.8 Å². The third kappa shape index (κ3) is 4.67. The lowest BCUT2D eigenvalue weighted by Crippen LogP contribution is -2.34. The van der Waals surface area contributed by atoms with Crippen molar-refractivity contribution in [3.05, 3.63) is 29.6 Å². The van der Waals surface area contributed by atoms with E-state index in [0.29, 0.717) is 18.0 Å². The third-order valence-electron chi connectivity index (χ3n) is 4.72. The van der Waals surface area contributed by atoms with Crippen molar-refractivity contribution < 1.29 is 17.7 Å². The van der Waals surface area contributed by atoms with Crippen molar-refractivity contribution in [2.75, 3.05) is 20.3 Å². The fourth-order valence-electron chi connectivity index (χ4n) is 3.12. The Labute approximate surface area is 165 Å². The molecule has 27 heavy (non-hydrogen) atoms. The molecule has 0 radical (unpaired) electrons. The van der Waals surface area contributed by atoms with Gasteiger partial charge in [0.2, 0.25) is 10.0 Å². The molecule has 150 valence electrons. The van der Waals surface area contributed by atoms with Gasteiger partial charge in [0.05, 0.1) is 17.0 Å². The number of benzene rings is 1. The minimum Gasteiger partial charge on any atom is -0.383 e. The minimum atomic E-state index is -3.65. The second kappa shape index (κ2) is 8.66. The number of rotatable bonds is 7. The van der Waals surface area contributed by atoms with Crippen molar-refractivity contribution in [2.24, 2.45) is 5.73 Å². The molecule has 1 aromatic carbocycles. The highest BCUT2D eigenvalue weighted by Crippen LogP contribution is 2.36. The highest BCUT2D eigenvalue weighted by Gasteiger charge is 2.36. The SMILES string of the molecule is COCCNS(=O)(=O)c1ccc(C)c(-c2nc(C3(N)CCCC3)no2)c1.Cl. The number of halogens is 1. The first-order valence-corrected chi connectivity index (χ1v) is 10.1. The van der Waals surface area contributed by atoms with Crippen LogP contribution in [0.15, 0.2) is 27.6 Å². The number of hydrogen-bond acceptors (Lipinski definition) is 7. The Morgan fingerprint density at radius 3 is 2.70 bits per heavy atom. The van der Waals surface area contributed by atoms with E-state index in [1.54, 1.807) is 18.2 Å². The zero-order valence-electron chi connectivity index (χ0n) is 15.4. The Balaban J connectivity index is 0.00000261. The number of methoxy groups -OCH3 is 1. The van der Waals surface area contributed by atoms with Gasteiger partial charge in [-0.3, -0.25) is 0 Å². The third-order valence-corrected chi connectivity index (χ3v) is 6.17. The molecule has 1 aliphatic rings. The molecular formula is C17H25ClN4O4S. The molecule has 3 N–H and O–H groups in total. The molecule has 2 aromatic rings. The van der Waals surface area contributed by atoms with Gasteiger partial charge in [-0.05, 0) is 37.5 Å². The monoisotopic (exact) mass is 416 g/mol. The Morgan fingerprint density at radius 2 is 2.04 bits per heavy atom. The molecule has 1 heterocycles. The summed E-state index contributed by atoms with van der Waals surface area (Å²) in [5, 5.41) is 4.05. The van der Waals surface area contributed by atoms with Crippen LogP contribution in [0.3, 0.4) is 0 Å². The van der Waals surface area contributed by atoms with E-state index < -0.39 is 15.6 Å². The first kappa shape index (κ1) is 21.8. The predicted molar refractivity (Wildman–Crippen MR) is 103 cm³/mol. The van der Waals surface area contributed by atoms with Gasteiger partial charge < -0.3 is 15.0 Å². The summed E-state index contributed by atoms with van der Waals surface area (Å²) >= 11 is 0. The van der Waals surface area contributed by atoms with E-state index in [2.05, 4.69) is 14.9 Å². The van der Waals surface area contributed by atoms with Crippen LogP contribution in [0.5, 0.6) is 0 Å². The Kier molecular flexibility index (Phi) is 6.98. The largest absolute Gasteiger partial charge is 0.383 e. The van der Waals surface area contributed by atoms with Crippen molar-refractivity contribution in [3.8, 4) is 11.5 Å². The van der Waals surface area contributed by atoms with E-state index in [4.69, 9.17) is 15.0 Å². The number of ether oxygens (including phenoxy) is 1. The molecule has 1 aromatic heterocycles. The average Bonchev–Trinajstić information content (AvgIpc) is 3.25. The van der Waals surface area contributed by atoms with Gasteiger partial charge in [0.15, 0.2) is 5.82 Å². The highest BCUT2D eigenvalue weighted by molar-refractivity contribution is 7.89. The van der Waals surface area contributed by atoms with Gasteiger partial charge in [-0.1, -0.05) is 24.1 Å². The van der Waals surface area contributed by atoms with Crippen LogP contribution in [-0.2, 0) is 20.3 Å². The van der Waals surface area contributed by atoms with E-state index in [-0.39, 0.29) is 29.7 Å². The van der Waals surface area contributed by atoms with Crippen LogP contribution in [0, 0.1) is 6.92 Å². The molecule has 0 atom stereocenters. The van der Waals surface area contributed by atoms with E-state index in [1.807, 2.05) is 6.92 Å². The Morgan fingerprint density at radius 1 is 1.33 bits per heavy atom. The fraction of sp³-hybridized carbons (Fsp3) is 0.529.